The predicted molar refractivity (Wildman–Crippen MR) is 106 cm³/mol. The van der Waals surface area contributed by atoms with Gasteiger partial charge in [-0.05, 0) is 12.7 Å². The van der Waals surface area contributed by atoms with E-state index in [1.807, 2.05) is 0 Å². The van der Waals surface area contributed by atoms with E-state index in [1.54, 1.807) is 0 Å². The molecule has 0 fully saturated rings. The zero-order valence-electron chi connectivity index (χ0n) is 16.6. The number of benzene rings is 1. The van der Waals surface area contributed by atoms with E-state index in [-0.39, 0.29) is 24.8 Å². The molecule has 0 heterocycles. The van der Waals surface area contributed by atoms with Crippen LogP contribution < -0.4 is 18.9 Å². The number of fused-ring (bicyclic) bond motifs is 1. The number of carbonyl (C=O) groups is 1. The molecule has 1 aromatic rings. The van der Waals surface area contributed by atoms with E-state index in [1.165, 1.54) is 30.4 Å². The Morgan fingerprint density at radius 1 is 1.19 bits per heavy atom. The zero-order valence-corrected chi connectivity index (χ0v) is 16.6. The van der Waals surface area contributed by atoms with Crippen molar-refractivity contribution in [3.05, 3.63) is 55.7 Å². The molecule has 3 N–H and O–H groups in total. The van der Waals surface area contributed by atoms with E-state index in [0.29, 0.717) is 38.4 Å². The number of carboxylic acids is 1. The van der Waals surface area contributed by atoms with Crippen molar-refractivity contribution in [2.24, 2.45) is 11.8 Å². The SMILES string of the molecule is [CH2-]CC(C[CH2-])C(CCCCB(O)O)C(=O)O.[Li+].c1ccc2c(c1)[CH-]CCC2. The molecule has 1 unspecified atom stereocenters. The third-order valence-corrected chi connectivity index (χ3v) is 4.92. The average Bonchev–Trinajstić information content (AvgIpc) is 2.64. The summed E-state index contributed by atoms with van der Waals surface area (Å²) in [5, 5.41) is 26.4. The number of aliphatic carboxylic acids is 1. The Balaban J connectivity index is 0.000000523. The van der Waals surface area contributed by atoms with Crippen LogP contribution in [0.15, 0.2) is 24.3 Å². The van der Waals surface area contributed by atoms with Crippen molar-refractivity contribution in [2.75, 3.05) is 0 Å². The van der Waals surface area contributed by atoms with Gasteiger partial charge in [-0.1, -0.05) is 44.1 Å². The van der Waals surface area contributed by atoms with Gasteiger partial charge in [0, 0.05) is 0 Å². The predicted octanol–water partition coefficient (Wildman–Crippen LogP) is 0.974. The van der Waals surface area contributed by atoms with Crippen LogP contribution in [0.4, 0.5) is 0 Å². The van der Waals surface area contributed by atoms with Gasteiger partial charge in [-0.3, -0.25) is 4.79 Å². The second-order valence-electron chi connectivity index (χ2n) is 6.84. The topological polar surface area (TPSA) is 77.8 Å². The Morgan fingerprint density at radius 3 is 2.41 bits per heavy atom. The van der Waals surface area contributed by atoms with Crippen LogP contribution in [0, 0.1) is 32.1 Å². The molecule has 27 heavy (non-hydrogen) atoms. The summed E-state index contributed by atoms with van der Waals surface area (Å²) in [4.78, 5) is 11.0. The molecule has 6 heteroatoms. The molecule has 0 aliphatic heterocycles. The maximum Gasteiger partial charge on any atom is 1.00 e. The fourth-order valence-corrected chi connectivity index (χ4v) is 3.31. The number of rotatable bonds is 9. The second kappa shape index (κ2) is 15.1. The number of unbranched alkanes of at least 4 members (excludes halogenated alkanes) is 1. The minimum atomic E-state index is -1.29. The number of hydrogen-bond donors (Lipinski definition) is 3. The van der Waals surface area contributed by atoms with E-state index in [4.69, 9.17) is 15.2 Å². The van der Waals surface area contributed by atoms with Crippen LogP contribution in [-0.4, -0.2) is 28.2 Å². The fourth-order valence-electron chi connectivity index (χ4n) is 3.31. The Labute approximate surface area is 177 Å². The third-order valence-electron chi connectivity index (χ3n) is 4.92. The van der Waals surface area contributed by atoms with Crippen LogP contribution in [0.2, 0.25) is 6.32 Å². The van der Waals surface area contributed by atoms with Crippen molar-refractivity contribution in [1.82, 2.24) is 0 Å². The zero-order chi connectivity index (χ0) is 19.4. The monoisotopic (exact) mass is 366 g/mol. The summed E-state index contributed by atoms with van der Waals surface area (Å²) < 4.78 is 0. The molecule has 1 aromatic carbocycles. The van der Waals surface area contributed by atoms with Crippen molar-refractivity contribution in [1.29, 1.82) is 0 Å². The molecular formula is C21H32BLiO4-2. The summed E-state index contributed by atoms with van der Waals surface area (Å²) in [6.07, 6.45) is 9.50. The summed E-state index contributed by atoms with van der Waals surface area (Å²) in [6.45, 7) is 7.47. The van der Waals surface area contributed by atoms with Gasteiger partial charge in [-0.15, -0.1) is 17.7 Å². The second-order valence-corrected chi connectivity index (χ2v) is 6.84. The van der Waals surface area contributed by atoms with Gasteiger partial charge >= 0.3 is 31.9 Å². The van der Waals surface area contributed by atoms with Crippen molar-refractivity contribution >= 4 is 13.1 Å². The van der Waals surface area contributed by atoms with Gasteiger partial charge in [0.05, 0.1) is 5.92 Å². The van der Waals surface area contributed by atoms with E-state index in [0.717, 1.165) is 0 Å². The molecule has 146 valence electrons. The largest absolute Gasteiger partial charge is 1.00 e. The van der Waals surface area contributed by atoms with E-state index < -0.39 is 19.0 Å². The fraction of sp³-hybridized carbons (Fsp3) is 0.524. The molecule has 1 aliphatic carbocycles. The first kappa shape index (κ1) is 26.1. The van der Waals surface area contributed by atoms with Gasteiger partial charge in [-0.25, -0.2) is 0 Å². The maximum atomic E-state index is 11.0. The van der Waals surface area contributed by atoms with Gasteiger partial charge in [-0.2, -0.15) is 30.9 Å². The standard InChI is InChI=1S/C11H21BO4.C10H11.Li/c1-3-9(4-2)10(11(13)14)7-5-6-8-12(15)16;1-2-6-10-8-4-3-7-9(10)5-1;/h9-10,15-16H,1-8H2,(H,13,14);1-2,5-7H,3-4,8H2;/q-2;-1;+1. The van der Waals surface area contributed by atoms with Crippen LogP contribution >= 0.6 is 0 Å². The summed E-state index contributed by atoms with van der Waals surface area (Å²) in [5.41, 5.74) is 2.97. The van der Waals surface area contributed by atoms with Crippen molar-refractivity contribution < 1.29 is 38.8 Å². The summed E-state index contributed by atoms with van der Waals surface area (Å²) in [5.74, 6) is -1.20. The van der Waals surface area contributed by atoms with Gasteiger partial charge in [0.15, 0.2) is 0 Å². The molecule has 0 bridgehead atoms. The van der Waals surface area contributed by atoms with Gasteiger partial charge in [0.25, 0.3) is 0 Å². The molecule has 0 amide bonds. The number of hydrogen-bond acceptors (Lipinski definition) is 3. The average molecular weight is 366 g/mol. The molecule has 0 aromatic heterocycles. The van der Waals surface area contributed by atoms with Gasteiger partial charge in [0.1, 0.15) is 0 Å². The minimum Gasteiger partial charge on any atom is -0.481 e. The molecule has 1 atom stereocenters. The quantitative estimate of drug-likeness (QED) is 0.346. The summed E-state index contributed by atoms with van der Waals surface area (Å²) >= 11 is 0. The number of aryl methyl sites for hydroxylation is 1. The van der Waals surface area contributed by atoms with Crippen LogP contribution in [-0.2, 0) is 11.2 Å². The molecule has 2 rings (SSSR count). The number of carboxylic acid groups (broad SMARTS) is 1. The molecule has 0 spiro atoms. The van der Waals surface area contributed by atoms with E-state index in [2.05, 4.69) is 44.5 Å². The van der Waals surface area contributed by atoms with Crippen LogP contribution in [0.25, 0.3) is 0 Å². The Morgan fingerprint density at radius 2 is 1.85 bits per heavy atom. The van der Waals surface area contributed by atoms with Gasteiger partial charge < -0.3 is 29.0 Å². The maximum absolute atomic E-state index is 11.0. The Bertz CT molecular complexity index is 496. The summed E-state index contributed by atoms with van der Waals surface area (Å²) in [7, 11) is -1.29. The van der Waals surface area contributed by atoms with Crippen LogP contribution in [0.1, 0.15) is 56.1 Å². The molecule has 0 radical (unpaired) electrons. The molecule has 0 saturated heterocycles. The van der Waals surface area contributed by atoms with Crippen molar-refractivity contribution in [3.8, 4) is 0 Å². The summed E-state index contributed by atoms with van der Waals surface area (Å²) in [6, 6.07) is 8.66. The Kier molecular flexibility index (Phi) is 14.6. The first-order valence-electron chi connectivity index (χ1n) is 9.58. The molecule has 1 aliphatic rings. The first-order chi connectivity index (χ1) is 12.5. The van der Waals surface area contributed by atoms with E-state index >= 15 is 0 Å². The molecule has 4 nitrogen and oxygen atoms in total. The molecular weight excluding hydrogens is 334 g/mol. The third kappa shape index (κ3) is 10.3. The van der Waals surface area contributed by atoms with E-state index in [9.17, 15) is 4.79 Å². The molecule has 0 saturated carbocycles. The first-order valence-corrected chi connectivity index (χ1v) is 9.58. The normalized spacial score (nSPS) is 13.4. The van der Waals surface area contributed by atoms with Crippen molar-refractivity contribution in [3.63, 3.8) is 0 Å². The van der Waals surface area contributed by atoms with Crippen LogP contribution in [0.5, 0.6) is 0 Å². The minimum absolute atomic E-state index is 0. The smallest absolute Gasteiger partial charge is 0.481 e. The van der Waals surface area contributed by atoms with Gasteiger partial charge in [0.2, 0.25) is 0 Å². The Hall–Kier alpha value is -0.858. The van der Waals surface area contributed by atoms with Crippen LogP contribution in [0.3, 0.4) is 0 Å². The van der Waals surface area contributed by atoms with Crippen molar-refractivity contribution in [2.45, 2.75) is 57.7 Å².